The van der Waals surface area contributed by atoms with Crippen LogP contribution in [0.3, 0.4) is 0 Å². The first-order chi connectivity index (χ1) is 13.6. The Balaban J connectivity index is 1.85. The number of ether oxygens (including phenoxy) is 1. The zero-order valence-electron chi connectivity index (χ0n) is 16.5. The summed E-state index contributed by atoms with van der Waals surface area (Å²) in [5, 5.41) is 7.49. The molecule has 1 N–H and O–H groups in total. The summed E-state index contributed by atoms with van der Waals surface area (Å²) in [5.74, 6) is 0.818. The van der Waals surface area contributed by atoms with Crippen molar-refractivity contribution in [2.45, 2.75) is 39.3 Å². The van der Waals surface area contributed by atoms with Crippen molar-refractivity contribution in [3.8, 4) is 17.0 Å². The van der Waals surface area contributed by atoms with Gasteiger partial charge < -0.3 is 9.64 Å². The number of nitrogens with one attached hydrogen (secondary N) is 1. The van der Waals surface area contributed by atoms with Gasteiger partial charge in [-0.25, -0.2) is 0 Å². The molecule has 1 aliphatic rings. The summed E-state index contributed by atoms with van der Waals surface area (Å²) in [5.41, 5.74) is 4.39. The highest BCUT2D eigenvalue weighted by molar-refractivity contribution is 6.00. The van der Waals surface area contributed by atoms with Crippen molar-refractivity contribution in [3.05, 3.63) is 71.4 Å². The molecule has 3 aromatic rings. The Labute approximate surface area is 165 Å². The van der Waals surface area contributed by atoms with Crippen LogP contribution in [0.25, 0.3) is 11.3 Å². The Hall–Kier alpha value is -3.08. The molecule has 5 heteroatoms. The van der Waals surface area contributed by atoms with Gasteiger partial charge in [0.05, 0.1) is 18.3 Å². The number of H-pyrrole nitrogens is 1. The molecule has 1 atom stereocenters. The van der Waals surface area contributed by atoms with Gasteiger partial charge in [0, 0.05) is 17.2 Å². The molecule has 28 heavy (non-hydrogen) atoms. The van der Waals surface area contributed by atoms with Gasteiger partial charge >= 0.3 is 0 Å². The van der Waals surface area contributed by atoms with Gasteiger partial charge in [-0.15, -0.1) is 0 Å². The first-order valence-corrected chi connectivity index (χ1v) is 9.81. The maximum Gasteiger partial charge on any atom is 0.273 e. The second-order valence-electron chi connectivity index (χ2n) is 7.36. The molecular weight excluding hydrogens is 350 g/mol. The molecular formula is C23H25N3O2. The van der Waals surface area contributed by atoms with Gasteiger partial charge in [0.2, 0.25) is 0 Å². The van der Waals surface area contributed by atoms with Gasteiger partial charge in [-0.3, -0.25) is 9.89 Å². The van der Waals surface area contributed by atoms with Crippen LogP contribution in [-0.4, -0.2) is 33.7 Å². The molecule has 0 radical (unpaired) electrons. The van der Waals surface area contributed by atoms with Gasteiger partial charge in [0.15, 0.2) is 0 Å². The van der Waals surface area contributed by atoms with Crippen LogP contribution in [-0.2, 0) is 0 Å². The van der Waals surface area contributed by atoms with Crippen molar-refractivity contribution in [2.75, 3.05) is 6.61 Å². The molecule has 1 amide bonds. The maximum absolute atomic E-state index is 13.1. The minimum atomic E-state index is -0.193. The van der Waals surface area contributed by atoms with E-state index in [-0.39, 0.29) is 18.0 Å². The van der Waals surface area contributed by atoms with E-state index in [0.29, 0.717) is 12.3 Å². The van der Waals surface area contributed by atoms with Gasteiger partial charge in [0.25, 0.3) is 5.91 Å². The van der Waals surface area contributed by atoms with E-state index in [0.717, 1.165) is 34.6 Å². The zero-order chi connectivity index (χ0) is 19.7. The van der Waals surface area contributed by atoms with E-state index in [2.05, 4.69) is 23.2 Å². The fraction of sp³-hybridized carbons (Fsp3) is 0.304. The maximum atomic E-state index is 13.1. The Kier molecular flexibility index (Phi) is 4.90. The number of benzene rings is 2. The number of rotatable bonds is 6. The minimum absolute atomic E-state index is 0.00967. The minimum Gasteiger partial charge on any atom is -0.494 e. The molecule has 1 aliphatic heterocycles. The largest absolute Gasteiger partial charge is 0.494 e. The smallest absolute Gasteiger partial charge is 0.273 e. The lowest BCUT2D eigenvalue weighted by Crippen LogP contribution is -2.35. The Morgan fingerprint density at radius 2 is 1.93 bits per heavy atom. The first kappa shape index (κ1) is 18.3. The summed E-state index contributed by atoms with van der Waals surface area (Å²) < 4.78 is 5.84. The normalized spacial score (nSPS) is 15.9. The van der Waals surface area contributed by atoms with E-state index in [1.54, 1.807) is 0 Å². The molecule has 144 valence electrons. The fourth-order valence-corrected chi connectivity index (χ4v) is 3.84. The van der Waals surface area contributed by atoms with Crippen LogP contribution in [0.5, 0.6) is 5.75 Å². The number of aromatic nitrogens is 2. The third-order valence-electron chi connectivity index (χ3n) is 5.05. The lowest BCUT2D eigenvalue weighted by atomic mass is 9.95. The molecule has 0 aliphatic carbocycles. The van der Waals surface area contributed by atoms with Crippen molar-refractivity contribution in [3.63, 3.8) is 0 Å². The predicted octanol–water partition coefficient (Wildman–Crippen LogP) is 4.82. The standard InChI is InChI=1S/C23H25N3O2/c1-4-13-28-18-12-8-11-17(14-18)22-19-20(16-9-6-5-7-10-16)24-25-21(19)23(27)26(22)15(2)3/h5-12,14-15,22H,4,13H2,1-3H3,(H,24,25). The van der Waals surface area contributed by atoms with E-state index >= 15 is 0 Å². The van der Waals surface area contributed by atoms with Gasteiger partial charge in [-0.2, -0.15) is 5.10 Å². The quantitative estimate of drug-likeness (QED) is 0.672. The van der Waals surface area contributed by atoms with Gasteiger partial charge in [-0.05, 0) is 38.0 Å². The Bertz CT molecular complexity index is 979. The predicted molar refractivity (Wildman–Crippen MR) is 109 cm³/mol. The second kappa shape index (κ2) is 7.50. The van der Waals surface area contributed by atoms with E-state index in [9.17, 15) is 4.79 Å². The van der Waals surface area contributed by atoms with Crippen molar-refractivity contribution >= 4 is 5.91 Å². The summed E-state index contributed by atoms with van der Waals surface area (Å²) in [6.45, 7) is 6.85. The number of carbonyl (C=O) groups excluding carboxylic acids is 1. The van der Waals surface area contributed by atoms with Crippen molar-refractivity contribution < 1.29 is 9.53 Å². The van der Waals surface area contributed by atoms with Crippen LogP contribution in [0.4, 0.5) is 0 Å². The van der Waals surface area contributed by atoms with Crippen LogP contribution >= 0.6 is 0 Å². The first-order valence-electron chi connectivity index (χ1n) is 9.81. The fourth-order valence-electron chi connectivity index (χ4n) is 3.84. The summed E-state index contributed by atoms with van der Waals surface area (Å²) >= 11 is 0. The number of hydrogen-bond donors (Lipinski definition) is 1. The number of fused-ring (bicyclic) bond motifs is 1. The molecule has 0 saturated carbocycles. The van der Waals surface area contributed by atoms with Gasteiger partial charge in [0.1, 0.15) is 11.4 Å². The molecule has 2 heterocycles. The molecule has 0 fully saturated rings. The van der Waals surface area contributed by atoms with Crippen LogP contribution < -0.4 is 4.74 Å². The van der Waals surface area contributed by atoms with E-state index in [1.807, 2.05) is 67.3 Å². The summed E-state index contributed by atoms with van der Waals surface area (Å²) in [4.78, 5) is 15.1. The third kappa shape index (κ3) is 3.07. The van der Waals surface area contributed by atoms with Gasteiger partial charge in [-0.1, -0.05) is 49.4 Å². The number of amides is 1. The van der Waals surface area contributed by atoms with Crippen LogP contribution in [0.15, 0.2) is 54.6 Å². The molecule has 2 aromatic carbocycles. The van der Waals surface area contributed by atoms with E-state index < -0.39 is 0 Å². The topological polar surface area (TPSA) is 58.2 Å². The monoisotopic (exact) mass is 375 g/mol. The second-order valence-corrected chi connectivity index (χ2v) is 7.36. The molecule has 0 spiro atoms. The number of aromatic amines is 1. The van der Waals surface area contributed by atoms with Crippen molar-refractivity contribution in [2.24, 2.45) is 0 Å². The molecule has 0 saturated heterocycles. The highest BCUT2D eigenvalue weighted by Gasteiger charge is 2.43. The molecule has 1 aromatic heterocycles. The summed E-state index contributed by atoms with van der Waals surface area (Å²) in [6.07, 6.45) is 0.953. The van der Waals surface area contributed by atoms with Crippen LogP contribution in [0.2, 0.25) is 0 Å². The Morgan fingerprint density at radius 3 is 2.64 bits per heavy atom. The highest BCUT2D eigenvalue weighted by atomic mass is 16.5. The molecule has 4 rings (SSSR count). The SMILES string of the molecule is CCCOc1cccc(C2c3c(-c4ccccc4)n[nH]c3C(=O)N2C(C)C)c1. The average Bonchev–Trinajstić information content (AvgIpc) is 3.26. The number of carbonyl (C=O) groups is 1. The van der Waals surface area contributed by atoms with E-state index in [1.165, 1.54) is 0 Å². The third-order valence-corrected chi connectivity index (χ3v) is 5.05. The number of hydrogen-bond acceptors (Lipinski definition) is 3. The molecule has 0 bridgehead atoms. The highest BCUT2D eigenvalue weighted by Crippen LogP contribution is 2.44. The van der Waals surface area contributed by atoms with E-state index in [4.69, 9.17) is 4.74 Å². The lowest BCUT2D eigenvalue weighted by Gasteiger charge is -2.30. The summed E-state index contributed by atoms with van der Waals surface area (Å²) in [7, 11) is 0. The lowest BCUT2D eigenvalue weighted by molar-refractivity contribution is 0.0687. The molecule has 1 unspecified atom stereocenters. The van der Waals surface area contributed by atoms with Crippen LogP contribution in [0, 0.1) is 0 Å². The average molecular weight is 375 g/mol. The van der Waals surface area contributed by atoms with Crippen molar-refractivity contribution in [1.29, 1.82) is 0 Å². The summed E-state index contributed by atoms with van der Waals surface area (Å²) in [6, 6.07) is 17.9. The van der Waals surface area contributed by atoms with Crippen LogP contribution in [0.1, 0.15) is 54.8 Å². The zero-order valence-corrected chi connectivity index (χ0v) is 16.5. The Morgan fingerprint density at radius 1 is 1.14 bits per heavy atom. The van der Waals surface area contributed by atoms with Crippen molar-refractivity contribution in [1.82, 2.24) is 15.1 Å². The number of nitrogens with zero attached hydrogens (tertiary/aromatic N) is 2. The molecule has 5 nitrogen and oxygen atoms in total.